The fraction of sp³-hybridized carbons (Fsp3) is 0.429. The van der Waals surface area contributed by atoms with Crippen LogP contribution in [0.2, 0.25) is 0 Å². The Morgan fingerprint density at radius 2 is 2.13 bits per heavy atom. The van der Waals surface area contributed by atoms with E-state index in [1.165, 1.54) is 17.5 Å². The Kier molecular flexibility index (Phi) is 3.08. The van der Waals surface area contributed by atoms with Gasteiger partial charge in [0.05, 0.1) is 0 Å². The van der Waals surface area contributed by atoms with Crippen LogP contribution in [0.15, 0.2) is 24.3 Å². The summed E-state index contributed by atoms with van der Waals surface area (Å²) in [5.41, 5.74) is 9.02. The van der Waals surface area contributed by atoms with Gasteiger partial charge in [0.15, 0.2) is 0 Å². The van der Waals surface area contributed by atoms with Crippen molar-refractivity contribution in [1.82, 2.24) is 0 Å². The summed E-state index contributed by atoms with van der Waals surface area (Å²) in [7, 11) is 0. The van der Waals surface area contributed by atoms with Crippen molar-refractivity contribution in [2.24, 2.45) is 11.7 Å². The van der Waals surface area contributed by atoms with Gasteiger partial charge in [-0.05, 0) is 36.3 Å². The number of fused-ring (bicyclic) bond motifs is 1. The quantitative estimate of drug-likeness (QED) is 0.726. The van der Waals surface area contributed by atoms with E-state index in [1.807, 2.05) is 0 Å². The number of terminal acetylenes is 1. The SMILES string of the molecule is C#CCC(N)C1CCc2ccccc2C1. The monoisotopic (exact) mass is 199 g/mol. The average Bonchev–Trinajstić information content (AvgIpc) is 2.29. The van der Waals surface area contributed by atoms with Gasteiger partial charge in [0.1, 0.15) is 0 Å². The van der Waals surface area contributed by atoms with Crippen molar-refractivity contribution < 1.29 is 0 Å². The van der Waals surface area contributed by atoms with Gasteiger partial charge < -0.3 is 5.73 Å². The third-order valence-electron chi connectivity index (χ3n) is 3.34. The lowest BCUT2D eigenvalue weighted by Gasteiger charge is -2.28. The summed E-state index contributed by atoms with van der Waals surface area (Å²) >= 11 is 0. The number of hydrogen-bond donors (Lipinski definition) is 1. The predicted molar refractivity (Wildman–Crippen MR) is 63.4 cm³/mol. The minimum Gasteiger partial charge on any atom is -0.327 e. The molecule has 0 spiro atoms. The molecule has 0 saturated heterocycles. The smallest absolute Gasteiger partial charge is 0.0241 e. The Hall–Kier alpha value is -1.26. The highest BCUT2D eigenvalue weighted by molar-refractivity contribution is 5.30. The van der Waals surface area contributed by atoms with E-state index in [4.69, 9.17) is 12.2 Å². The first-order valence-corrected chi connectivity index (χ1v) is 5.57. The van der Waals surface area contributed by atoms with E-state index in [1.54, 1.807) is 0 Å². The van der Waals surface area contributed by atoms with Gasteiger partial charge in [-0.25, -0.2) is 0 Å². The molecular weight excluding hydrogens is 182 g/mol. The summed E-state index contributed by atoms with van der Waals surface area (Å²) in [6.45, 7) is 0. The third kappa shape index (κ3) is 2.22. The van der Waals surface area contributed by atoms with Crippen molar-refractivity contribution in [2.45, 2.75) is 31.7 Å². The maximum atomic E-state index is 6.07. The molecule has 0 aliphatic heterocycles. The number of hydrogen-bond acceptors (Lipinski definition) is 1. The van der Waals surface area contributed by atoms with Crippen LogP contribution in [0.25, 0.3) is 0 Å². The molecule has 78 valence electrons. The zero-order chi connectivity index (χ0) is 10.7. The van der Waals surface area contributed by atoms with E-state index in [0.29, 0.717) is 12.3 Å². The minimum atomic E-state index is 0.170. The molecule has 0 aromatic heterocycles. The van der Waals surface area contributed by atoms with Gasteiger partial charge in [0, 0.05) is 12.5 Å². The largest absolute Gasteiger partial charge is 0.327 e. The molecule has 15 heavy (non-hydrogen) atoms. The fourth-order valence-corrected chi connectivity index (χ4v) is 2.39. The van der Waals surface area contributed by atoms with Crippen LogP contribution in [0.5, 0.6) is 0 Å². The molecule has 1 aromatic rings. The molecule has 0 bridgehead atoms. The van der Waals surface area contributed by atoms with Gasteiger partial charge >= 0.3 is 0 Å². The predicted octanol–water partition coefficient (Wildman–Crippen LogP) is 2.14. The highest BCUT2D eigenvalue weighted by Gasteiger charge is 2.22. The molecule has 1 aromatic carbocycles. The zero-order valence-electron chi connectivity index (χ0n) is 8.95. The summed E-state index contributed by atoms with van der Waals surface area (Å²) in [5.74, 6) is 3.23. The van der Waals surface area contributed by atoms with Crippen molar-refractivity contribution in [3.63, 3.8) is 0 Å². The summed E-state index contributed by atoms with van der Waals surface area (Å²) in [5, 5.41) is 0. The van der Waals surface area contributed by atoms with Crippen LogP contribution in [-0.2, 0) is 12.8 Å². The van der Waals surface area contributed by atoms with Crippen LogP contribution in [0.4, 0.5) is 0 Å². The molecule has 2 unspecified atom stereocenters. The molecule has 0 saturated carbocycles. The maximum Gasteiger partial charge on any atom is 0.0241 e. The second kappa shape index (κ2) is 4.51. The van der Waals surface area contributed by atoms with Gasteiger partial charge in [-0.1, -0.05) is 24.3 Å². The molecular formula is C14H17N. The Balaban J connectivity index is 2.09. The number of aryl methyl sites for hydroxylation is 1. The lowest BCUT2D eigenvalue weighted by molar-refractivity contribution is 0.379. The Morgan fingerprint density at radius 3 is 2.87 bits per heavy atom. The molecule has 2 atom stereocenters. The molecule has 1 aliphatic rings. The number of rotatable bonds is 2. The minimum absolute atomic E-state index is 0.170. The van der Waals surface area contributed by atoms with Crippen molar-refractivity contribution in [1.29, 1.82) is 0 Å². The number of benzene rings is 1. The summed E-state index contributed by atoms with van der Waals surface area (Å²) in [4.78, 5) is 0. The summed E-state index contributed by atoms with van der Waals surface area (Å²) in [6.07, 6.45) is 9.43. The normalized spacial score (nSPS) is 21.5. The average molecular weight is 199 g/mol. The standard InChI is InChI=1S/C14H17N/c1-2-5-14(15)13-9-8-11-6-3-4-7-12(11)10-13/h1,3-4,6-7,13-14H,5,8-10,15H2. The molecule has 2 rings (SSSR count). The van der Waals surface area contributed by atoms with Gasteiger partial charge in [-0.15, -0.1) is 12.3 Å². The molecule has 0 amide bonds. The van der Waals surface area contributed by atoms with Crippen LogP contribution in [0, 0.1) is 18.3 Å². The van der Waals surface area contributed by atoms with Crippen molar-refractivity contribution in [3.8, 4) is 12.3 Å². The summed E-state index contributed by atoms with van der Waals surface area (Å²) < 4.78 is 0. The van der Waals surface area contributed by atoms with Gasteiger partial charge in [0.2, 0.25) is 0 Å². The van der Waals surface area contributed by atoms with E-state index in [0.717, 1.165) is 12.8 Å². The Morgan fingerprint density at radius 1 is 1.40 bits per heavy atom. The molecule has 0 radical (unpaired) electrons. The van der Waals surface area contributed by atoms with Gasteiger partial charge in [0.25, 0.3) is 0 Å². The second-order valence-electron chi connectivity index (χ2n) is 4.34. The van der Waals surface area contributed by atoms with Crippen LogP contribution in [-0.4, -0.2) is 6.04 Å². The molecule has 0 fully saturated rings. The van der Waals surface area contributed by atoms with E-state index >= 15 is 0 Å². The van der Waals surface area contributed by atoms with Gasteiger partial charge in [-0.3, -0.25) is 0 Å². The highest BCUT2D eigenvalue weighted by atomic mass is 14.6. The molecule has 1 nitrogen and oxygen atoms in total. The highest BCUT2D eigenvalue weighted by Crippen LogP contribution is 2.27. The fourth-order valence-electron chi connectivity index (χ4n) is 2.39. The topological polar surface area (TPSA) is 26.0 Å². The lowest BCUT2D eigenvalue weighted by atomic mass is 9.79. The van der Waals surface area contributed by atoms with Crippen molar-refractivity contribution in [2.75, 3.05) is 0 Å². The van der Waals surface area contributed by atoms with Crippen LogP contribution < -0.4 is 5.73 Å². The Bertz CT molecular complexity index is 375. The first-order chi connectivity index (χ1) is 7.31. The number of nitrogens with two attached hydrogens (primary N) is 1. The first kappa shape index (κ1) is 10.3. The van der Waals surface area contributed by atoms with Crippen molar-refractivity contribution in [3.05, 3.63) is 35.4 Å². The van der Waals surface area contributed by atoms with E-state index in [9.17, 15) is 0 Å². The molecule has 2 N–H and O–H groups in total. The van der Waals surface area contributed by atoms with Crippen LogP contribution in [0.3, 0.4) is 0 Å². The van der Waals surface area contributed by atoms with E-state index in [-0.39, 0.29) is 6.04 Å². The van der Waals surface area contributed by atoms with Crippen molar-refractivity contribution >= 4 is 0 Å². The molecule has 0 heterocycles. The van der Waals surface area contributed by atoms with Crippen LogP contribution in [0.1, 0.15) is 24.0 Å². The Labute approximate surface area is 91.7 Å². The molecule has 1 heteroatoms. The first-order valence-electron chi connectivity index (χ1n) is 5.57. The van der Waals surface area contributed by atoms with E-state index in [2.05, 4.69) is 30.2 Å². The third-order valence-corrected chi connectivity index (χ3v) is 3.34. The lowest BCUT2D eigenvalue weighted by Crippen LogP contribution is -2.33. The van der Waals surface area contributed by atoms with Crippen LogP contribution >= 0.6 is 0 Å². The molecule has 1 aliphatic carbocycles. The zero-order valence-corrected chi connectivity index (χ0v) is 8.95. The maximum absolute atomic E-state index is 6.07. The van der Waals surface area contributed by atoms with Gasteiger partial charge in [-0.2, -0.15) is 0 Å². The van der Waals surface area contributed by atoms with E-state index < -0.39 is 0 Å². The second-order valence-corrected chi connectivity index (χ2v) is 4.34. The summed E-state index contributed by atoms with van der Waals surface area (Å²) in [6, 6.07) is 8.82.